The lowest BCUT2D eigenvalue weighted by Crippen LogP contribution is -2.45. The molecule has 2 nitrogen and oxygen atoms in total. The van der Waals surface area contributed by atoms with E-state index in [1.165, 1.54) is 0 Å². The van der Waals surface area contributed by atoms with Crippen LogP contribution in [0.1, 0.15) is 22.4 Å². The number of carbonyl (C=O) groups is 1. The number of hydrogen-bond acceptors (Lipinski definition) is 2. The number of nitrogens with one attached hydrogen (secondary N) is 1. The Bertz CT molecular complexity index is 545. The molecular weight excluding hydrogens is 320 g/mol. The van der Waals surface area contributed by atoms with E-state index in [0.29, 0.717) is 5.56 Å². The summed E-state index contributed by atoms with van der Waals surface area (Å²) in [6, 6.07) is 0. The van der Waals surface area contributed by atoms with Crippen molar-refractivity contribution in [1.82, 2.24) is 0 Å². The minimum absolute atomic E-state index is 0.0724. The number of amides is 1. The first-order chi connectivity index (χ1) is 9.51. The zero-order valence-corrected chi connectivity index (χ0v) is 11.6. The number of rotatable bonds is 2. The van der Waals surface area contributed by atoms with Crippen molar-refractivity contribution < 1.29 is 31.1 Å². The number of thiophene rings is 1. The molecule has 1 aliphatic rings. The maximum atomic E-state index is 12.5. The van der Waals surface area contributed by atoms with E-state index in [0.717, 1.165) is 41.0 Å². The number of hydrogen-bond donors (Lipinski definition) is 1. The third-order valence-electron chi connectivity index (χ3n) is 3.34. The second-order valence-corrected chi connectivity index (χ2v) is 5.92. The van der Waals surface area contributed by atoms with E-state index in [-0.39, 0.29) is 5.00 Å². The summed E-state index contributed by atoms with van der Waals surface area (Å²) in [5.41, 5.74) is 1.48. The highest BCUT2D eigenvalue weighted by Gasteiger charge is 2.61. The average Bonchev–Trinajstić information content (AvgIpc) is 2.79. The normalized spacial score (nSPS) is 15.4. The van der Waals surface area contributed by atoms with Gasteiger partial charge in [0.1, 0.15) is 0 Å². The molecule has 118 valence electrons. The average molecular weight is 331 g/mol. The molecule has 0 fully saturated rings. The number of halogens is 6. The van der Waals surface area contributed by atoms with Crippen LogP contribution in [-0.2, 0) is 17.6 Å². The van der Waals surface area contributed by atoms with Gasteiger partial charge >= 0.3 is 12.4 Å². The molecule has 0 radical (unpaired) electrons. The molecule has 0 bridgehead atoms. The Balaban J connectivity index is 2.24. The highest BCUT2D eigenvalue weighted by atomic mass is 32.1. The van der Waals surface area contributed by atoms with Crippen molar-refractivity contribution in [3.05, 3.63) is 16.0 Å². The van der Waals surface area contributed by atoms with Crippen molar-refractivity contribution in [3.63, 3.8) is 0 Å². The molecule has 0 spiro atoms. The van der Waals surface area contributed by atoms with Gasteiger partial charge in [0.25, 0.3) is 0 Å². The predicted octanol–water partition coefficient (Wildman–Crippen LogP) is 4.22. The summed E-state index contributed by atoms with van der Waals surface area (Å²) < 4.78 is 74.7. The summed E-state index contributed by atoms with van der Waals surface area (Å²) in [6.45, 7) is 1.59. The Kier molecular flexibility index (Phi) is 3.98. The highest BCUT2D eigenvalue weighted by molar-refractivity contribution is 7.16. The molecule has 0 unspecified atom stereocenters. The Hall–Kier alpha value is -1.25. The third-order valence-corrected chi connectivity index (χ3v) is 4.65. The van der Waals surface area contributed by atoms with Crippen LogP contribution in [-0.4, -0.2) is 18.3 Å². The number of alkyl halides is 6. The van der Waals surface area contributed by atoms with Crippen molar-refractivity contribution in [2.24, 2.45) is 5.92 Å². The molecule has 1 N–H and O–H groups in total. The molecule has 1 heterocycles. The number of carbonyl (C=O) groups excluding carboxylic acids is 1. The van der Waals surface area contributed by atoms with E-state index in [2.05, 4.69) is 0 Å². The van der Waals surface area contributed by atoms with Gasteiger partial charge in [-0.05, 0) is 37.3 Å². The SMILES string of the molecule is Cc1c(NC(=O)C(C(F)(F)F)C(F)(F)F)sc2c1CCC2. The second kappa shape index (κ2) is 5.19. The van der Waals surface area contributed by atoms with Crippen LogP contribution in [0.15, 0.2) is 0 Å². The van der Waals surface area contributed by atoms with Crippen molar-refractivity contribution in [3.8, 4) is 0 Å². The van der Waals surface area contributed by atoms with Crippen LogP contribution in [0.4, 0.5) is 31.3 Å². The second-order valence-electron chi connectivity index (χ2n) is 4.82. The molecule has 1 aliphatic carbocycles. The van der Waals surface area contributed by atoms with Crippen LogP contribution in [0.2, 0.25) is 0 Å². The fraction of sp³-hybridized carbons (Fsp3) is 0.583. The lowest BCUT2D eigenvalue weighted by Gasteiger charge is -2.21. The van der Waals surface area contributed by atoms with Gasteiger partial charge in [-0.15, -0.1) is 11.3 Å². The summed E-state index contributed by atoms with van der Waals surface area (Å²) >= 11 is 1.05. The molecule has 9 heteroatoms. The molecule has 2 rings (SSSR count). The van der Waals surface area contributed by atoms with Gasteiger partial charge in [-0.2, -0.15) is 26.3 Å². The first-order valence-electron chi connectivity index (χ1n) is 6.07. The minimum Gasteiger partial charge on any atom is -0.317 e. The topological polar surface area (TPSA) is 29.1 Å². The van der Waals surface area contributed by atoms with Crippen molar-refractivity contribution in [1.29, 1.82) is 0 Å². The summed E-state index contributed by atoms with van der Waals surface area (Å²) in [6.07, 6.45) is -8.97. The van der Waals surface area contributed by atoms with Crippen LogP contribution in [0.3, 0.4) is 0 Å². The maximum absolute atomic E-state index is 12.5. The van der Waals surface area contributed by atoms with Gasteiger partial charge in [0.2, 0.25) is 11.8 Å². The highest BCUT2D eigenvalue weighted by Crippen LogP contribution is 2.42. The maximum Gasteiger partial charge on any atom is 0.409 e. The summed E-state index contributed by atoms with van der Waals surface area (Å²) in [7, 11) is 0. The largest absolute Gasteiger partial charge is 0.409 e. The lowest BCUT2D eigenvalue weighted by molar-refractivity contribution is -0.272. The predicted molar refractivity (Wildman–Crippen MR) is 65.3 cm³/mol. The van der Waals surface area contributed by atoms with Gasteiger partial charge in [-0.3, -0.25) is 4.79 Å². The molecule has 0 atom stereocenters. The molecule has 1 amide bonds. The van der Waals surface area contributed by atoms with E-state index < -0.39 is 24.2 Å². The van der Waals surface area contributed by atoms with E-state index in [9.17, 15) is 31.1 Å². The summed E-state index contributed by atoms with van der Waals surface area (Å²) in [4.78, 5) is 12.4. The smallest absolute Gasteiger partial charge is 0.317 e. The van der Waals surface area contributed by atoms with Gasteiger partial charge in [0, 0.05) is 4.88 Å². The Morgan fingerprint density at radius 2 is 1.71 bits per heavy atom. The van der Waals surface area contributed by atoms with Gasteiger partial charge in [0.05, 0.1) is 5.00 Å². The van der Waals surface area contributed by atoms with Gasteiger partial charge in [-0.1, -0.05) is 0 Å². The minimum atomic E-state index is -5.67. The molecule has 1 aromatic heterocycles. The monoisotopic (exact) mass is 331 g/mol. The van der Waals surface area contributed by atoms with E-state index >= 15 is 0 Å². The molecule has 0 saturated carbocycles. The van der Waals surface area contributed by atoms with Crippen molar-refractivity contribution >= 4 is 22.2 Å². The fourth-order valence-electron chi connectivity index (χ4n) is 2.35. The van der Waals surface area contributed by atoms with Crippen LogP contribution in [0.5, 0.6) is 0 Å². The molecule has 0 aliphatic heterocycles. The van der Waals surface area contributed by atoms with Gasteiger partial charge in [0.15, 0.2) is 0 Å². The molecular formula is C12H11F6NOS. The van der Waals surface area contributed by atoms with Crippen LogP contribution < -0.4 is 5.32 Å². The van der Waals surface area contributed by atoms with Gasteiger partial charge in [-0.25, -0.2) is 0 Å². The van der Waals surface area contributed by atoms with Crippen molar-refractivity contribution in [2.45, 2.75) is 38.5 Å². The Morgan fingerprint density at radius 3 is 2.19 bits per heavy atom. The number of aryl methyl sites for hydroxylation is 1. The van der Waals surface area contributed by atoms with E-state index in [4.69, 9.17) is 0 Å². The van der Waals surface area contributed by atoms with Crippen LogP contribution >= 0.6 is 11.3 Å². The van der Waals surface area contributed by atoms with Gasteiger partial charge < -0.3 is 5.32 Å². The Labute approximate surface area is 120 Å². The van der Waals surface area contributed by atoms with E-state index in [1.54, 1.807) is 12.2 Å². The van der Waals surface area contributed by atoms with E-state index in [1.807, 2.05) is 0 Å². The summed E-state index contributed by atoms with van der Waals surface area (Å²) in [5.74, 6) is -6.10. The molecule has 21 heavy (non-hydrogen) atoms. The third kappa shape index (κ3) is 3.17. The van der Waals surface area contributed by atoms with Crippen LogP contribution in [0, 0.1) is 12.8 Å². The molecule has 1 aromatic rings. The first-order valence-corrected chi connectivity index (χ1v) is 6.89. The Morgan fingerprint density at radius 1 is 1.14 bits per heavy atom. The molecule has 0 aromatic carbocycles. The van der Waals surface area contributed by atoms with Crippen molar-refractivity contribution in [2.75, 3.05) is 5.32 Å². The number of anilines is 1. The first kappa shape index (κ1) is 16.1. The fourth-order valence-corrected chi connectivity index (χ4v) is 3.65. The quantitative estimate of drug-likeness (QED) is 0.808. The lowest BCUT2D eigenvalue weighted by atomic mass is 10.1. The van der Waals surface area contributed by atoms with Crippen LogP contribution in [0.25, 0.3) is 0 Å². The zero-order valence-electron chi connectivity index (χ0n) is 10.8. The number of fused-ring (bicyclic) bond motifs is 1. The zero-order chi connectivity index (χ0) is 16.0. The standard InChI is InChI=1S/C12H11F6NOS/c1-5-6-3-2-4-7(6)21-10(5)19-9(20)8(11(13,14)15)12(16,17)18/h8H,2-4H2,1H3,(H,19,20). The molecule has 0 saturated heterocycles. The summed E-state index contributed by atoms with van der Waals surface area (Å²) in [5, 5.41) is 1.86.